The summed E-state index contributed by atoms with van der Waals surface area (Å²) in [4.78, 5) is 10.4. The molecule has 0 spiro atoms. The van der Waals surface area contributed by atoms with Crippen LogP contribution in [0.5, 0.6) is 0 Å². The molecule has 1 nitrogen and oxygen atoms in total. The van der Waals surface area contributed by atoms with E-state index in [9.17, 15) is 4.79 Å². The lowest BCUT2D eigenvalue weighted by Gasteiger charge is -1.96. The minimum Gasteiger partial charge on any atom is -0.295 e. The van der Waals surface area contributed by atoms with E-state index in [4.69, 9.17) is 0 Å². The van der Waals surface area contributed by atoms with Crippen LogP contribution in [0.25, 0.3) is 0 Å². The molecule has 0 rings (SSSR count). The molecule has 0 saturated heterocycles. The number of hydrogen-bond donors (Lipinski definition) is 0. The van der Waals surface area contributed by atoms with E-state index >= 15 is 0 Å². The highest BCUT2D eigenvalue weighted by Gasteiger charge is 1.90. The van der Waals surface area contributed by atoms with Crippen molar-refractivity contribution >= 4 is 5.78 Å². The number of carbonyl (C=O) groups excluding carboxylic acids is 1. The molecule has 0 aliphatic carbocycles. The van der Waals surface area contributed by atoms with Gasteiger partial charge in [-0.15, -0.1) is 0 Å². The van der Waals surface area contributed by atoms with Gasteiger partial charge in [0, 0.05) is 0 Å². The largest absolute Gasteiger partial charge is 0.295 e. The Morgan fingerprint density at radius 1 is 1.67 bits per heavy atom. The molecular formula is C8H14O. The van der Waals surface area contributed by atoms with Crippen molar-refractivity contribution in [3.63, 3.8) is 0 Å². The maximum Gasteiger partial charge on any atom is 0.152 e. The van der Waals surface area contributed by atoms with Crippen LogP contribution in [0.15, 0.2) is 12.2 Å². The second-order valence-electron chi connectivity index (χ2n) is 2.36. The molecule has 9 heavy (non-hydrogen) atoms. The first-order chi connectivity index (χ1) is 4.16. The summed E-state index contributed by atoms with van der Waals surface area (Å²) in [5.74, 6) is 0.671. The summed E-state index contributed by atoms with van der Waals surface area (Å²) in [5.41, 5.74) is 0. The monoisotopic (exact) mass is 126 g/mol. The predicted octanol–water partition coefficient (Wildman–Crippen LogP) is 2.18. The molecule has 1 heteroatoms. The smallest absolute Gasteiger partial charge is 0.152 e. The molecule has 0 aromatic heterocycles. The Labute approximate surface area is 56.8 Å². The summed E-state index contributed by atoms with van der Waals surface area (Å²) in [5, 5.41) is 0. The molecule has 0 aromatic rings. The molecule has 1 atom stereocenters. The van der Waals surface area contributed by atoms with E-state index < -0.39 is 0 Å². The van der Waals surface area contributed by atoms with Gasteiger partial charge in [0.2, 0.25) is 0 Å². The van der Waals surface area contributed by atoms with E-state index in [-0.39, 0.29) is 5.78 Å². The Morgan fingerprint density at radius 2 is 2.22 bits per heavy atom. The molecular weight excluding hydrogens is 112 g/mol. The third-order valence-electron chi connectivity index (χ3n) is 1.30. The fourth-order valence-corrected chi connectivity index (χ4v) is 0.436. The molecule has 0 unspecified atom stereocenters. The lowest BCUT2D eigenvalue weighted by atomic mass is 10.1. The van der Waals surface area contributed by atoms with Gasteiger partial charge in [0.1, 0.15) is 0 Å². The van der Waals surface area contributed by atoms with Gasteiger partial charge in [0.15, 0.2) is 5.78 Å². The minimum atomic E-state index is 0.135. The Morgan fingerprint density at radius 3 is 2.56 bits per heavy atom. The summed E-state index contributed by atoms with van der Waals surface area (Å²) in [6.07, 6.45) is 4.68. The third kappa shape index (κ3) is 5.28. The zero-order valence-corrected chi connectivity index (χ0v) is 6.35. The zero-order chi connectivity index (χ0) is 7.28. The Kier molecular flexibility index (Phi) is 4.02. The highest BCUT2D eigenvalue weighted by atomic mass is 16.1. The van der Waals surface area contributed by atoms with Crippen LogP contribution in [0.2, 0.25) is 0 Å². The number of hydrogen-bond acceptors (Lipinski definition) is 1. The van der Waals surface area contributed by atoms with Gasteiger partial charge < -0.3 is 0 Å². The summed E-state index contributed by atoms with van der Waals surface area (Å²) >= 11 is 0. The SMILES string of the molecule is CC[C@@H](C)/C=C\C(C)=O. The predicted molar refractivity (Wildman–Crippen MR) is 39.3 cm³/mol. The molecule has 0 N–H and O–H groups in total. The van der Waals surface area contributed by atoms with Gasteiger partial charge in [-0.3, -0.25) is 4.79 Å². The Hall–Kier alpha value is -0.590. The number of rotatable bonds is 3. The first-order valence-electron chi connectivity index (χ1n) is 3.35. The van der Waals surface area contributed by atoms with Crippen molar-refractivity contribution < 1.29 is 4.79 Å². The molecule has 0 aromatic carbocycles. The first kappa shape index (κ1) is 8.41. The highest BCUT2D eigenvalue weighted by molar-refractivity contribution is 5.87. The van der Waals surface area contributed by atoms with Crippen LogP contribution in [0.1, 0.15) is 27.2 Å². The molecule has 0 radical (unpaired) electrons. The molecule has 0 bridgehead atoms. The van der Waals surface area contributed by atoms with Crippen molar-refractivity contribution in [3.8, 4) is 0 Å². The fourth-order valence-electron chi connectivity index (χ4n) is 0.436. The lowest BCUT2D eigenvalue weighted by Crippen LogP contribution is -1.87. The van der Waals surface area contributed by atoms with Crippen molar-refractivity contribution in [1.82, 2.24) is 0 Å². The Bertz CT molecular complexity index is 114. The van der Waals surface area contributed by atoms with Crippen LogP contribution in [0, 0.1) is 5.92 Å². The standard InChI is InChI=1S/C8H14O/c1-4-7(2)5-6-8(3)9/h5-7H,4H2,1-3H3/b6-5-/t7-/m1/s1. The van der Waals surface area contributed by atoms with E-state index in [2.05, 4.69) is 13.8 Å². The van der Waals surface area contributed by atoms with E-state index in [1.807, 2.05) is 6.08 Å². The maximum atomic E-state index is 10.4. The number of ketones is 1. The summed E-state index contributed by atoms with van der Waals surface area (Å²) in [6, 6.07) is 0. The molecule has 0 aliphatic rings. The van der Waals surface area contributed by atoms with Crippen molar-refractivity contribution in [2.45, 2.75) is 27.2 Å². The summed E-state index contributed by atoms with van der Waals surface area (Å²) in [7, 11) is 0. The van der Waals surface area contributed by atoms with Gasteiger partial charge in [-0.25, -0.2) is 0 Å². The van der Waals surface area contributed by atoms with E-state index in [1.54, 1.807) is 13.0 Å². The quantitative estimate of drug-likeness (QED) is 0.530. The highest BCUT2D eigenvalue weighted by Crippen LogP contribution is 2.00. The molecule has 0 amide bonds. The van der Waals surface area contributed by atoms with Crippen LogP contribution < -0.4 is 0 Å². The van der Waals surface area contributed by atoms with Crippen LogP contribution in [-0.2, 0) is 4.79 Å². The second-order valence-corrected chi connectivity index (χ2v) is 2.36. The molecule has 0 aliphatic heterocycles. The van der Waals surface area contributed by atoms with Gasteiger partial charge in [0.25, 0.3) is 0 Å². The van der Waals surface area contributed by atoms with Gasteiger partial charge in [-0.05, 0) is 18.9 Å². The molecule has 0 fully saturated rings. The summed E-state index contributed by atoms with van der Waals surface area (Å²) in [6.45, 7) is 5.77. The third-order valence-corrected chi connectivity index (χ3v) is 1.30. The van der Waals surface area contributed by atoms with Crippen LogP contribution in [0.3, 0.4) is 0 Å². The minimum absolute atomic E-state index is 0.135. The van der Waals surface area contributed by atoms with Crippen molar-refractivity contribution in [3.05, 3.63) is 12.2 Å². The van der Waals surface area contributed by atoms with Crippen LogP contribution in [0.4, 0.5) is 0 Å². The number of carbonyl (C=O) groups is 1. The van der Waals surface area contributed by atoms with Crippen molar-refractivity contribution in [1.29, 1.82) is 0 Å². The lowest BCUT2D eigenvalue weighted by molar-refractivity contribution is -0.112. The van der Waals surface area contributed by atoms with E-state index in [0.717, 1.165) is 6.42 Å². The average Bonchev–Trinajstić information content (AvgIpc) is 1.83. The van der Waals surface area contributed by atoms with Crippen molar-refractivity contribution in [2.75, 3.05) is 0 Å². The Balaban J connectivity index is 3.56. The van der Waals surface area contributed by atoms with Crippen LogP contribution >= 0.6 is 0 Å². The average molecular weight is 126 g/mol. The van der Waals surface area contributed by atoms with Gasteiger partial charge in [-0.1, -0.05) is 26.3 Å². The van der Waals surface area contributed by atoms with E-state index in [0.29, 0.717) is 5.92 Å². The molecule has 0 saturated carbocycles. The first-order valence-corrected chi connectivity index (χ1v) is 3.35. The summed E-state index contributed by atoms with van der Waals surface area (Å²) < 4.78 is 0. The topological polar surface area (TPSA) is 17.1 Å². The van der Waals surface area contributed by atoms with E-state index in [1.165, 1.54) is 0 Å². The molecule has 52 valence electrons. The number of allylic oxidation sites excluding steroid dienone is 2. The molecule has 0 heterocycles. The maximum absolute atomic E-state index is 10.4. The normalized spacial score (nSPS) is 14.1. The van der Waals surface area contributed by atoms with Crippen molar-refractivity contribution in [2.24, 2.45) is 5.92 Å². The van der Waals surface area contributed by atoms with Gasteiger partial charge in [-0.2, -0.15) is 0 Å². The van der Waals surface area contributed by atoms with Crippen LogP contribution in [-0.4, -0.2) is 5.78 Å². The fraction of sp³-hybridized carbons (Fsp3) is 0.625. The van der Waals surface area contributed by atoms with Gasteiger partial charge in [0.05, 0.1) is 0 Å². The zero-order valence-electron chi connectivity index (χ0n) is 6.35. The van der Waals surface area contributed by atoms with Gasteiger partial charge >= 0.3 is 0 Å². The second kappa shape index (κ2) is 4.30.